The molecular weight excluding hydrogens is 424 g/mol. The number of anilines is 1. The van der Waals surface area contributed by atoms with Gasteiger partial charge in [-0.2, -0.15) is 4.98 Å². The molecule has 2 saturated heterocycles. The van der Waals surface area contributed by atoms with Crippen molar-refractivity contribution in [2.24, 2.45) is 0 Å². The van der Waals surface area contributed by atoms with Gasteiger partial charge in [-0.15, -0.1) is 0 Å². The Balaban J connectivity index is 1.33. The van der Waals surface area contributed by atoms with Crippen molar-refractivity contribution < 1.29 is 14.1 Å². The van der Waals surface area contributed by atoms with Crippen molar-refractivity contribution in [2.45, 2.75) is 44.6 Å². The second kappa shape index (κ2) is 7.39. The van der Waals surface area contributed by atoms with E-state index in [4.69, 9.17) is 9.26 Å². The fourth-order valence-electron chi connectivity index (χ4n) is 3.59. The van der Waals surface area contributed by atoms with Gasteiger partial charge in [0.25, 0.3) is 0 Å². The first-order valence-electron chi connectivity index (χ1n) is 9.60. The van der Waals surface area contributed by atoms with Gasteiger partial charge in [0.1, 0.15) is 5.60 Å². The SMILES string of the molecule is CC(C)(C)OC(=O)N1CCC(c2noc(N3CC(c4cccc(Br)c4)C3)n2)C1. The number of likely N-dealkylation sites (tertiary alicyclic amines) is 1. The van der Waals surface area contributed by atoms with E-state index in [9.17, 15) is 4.79 Å². The Bertz CT molecular complexity index is 857. The first-order chi connectivity index (χ1) is 13.3. The molecule has 1 atom stereocenters. The molecule has 1 unspecified atom stereocenters. The number of nitrogens with zero attached hydrogens (tertiary/aromatic N) is 4. The van der Waals surface area contributed by atoms with Crippen LogP contribution in [0.2, 0.25) is 0 Å². The molecule has 3 heterocycles. The first kappa shape index (κ1) is 19.2. The van der Waals surface area contributed by atoms with Gasteiger partial charge < -0.3 is 19.1 Å². The number of halogens is 1. The Morgan fingerprint density at radius 2 is 2.04 bits per heavy atom. The van der Waals surface area contributed by atoms with Gasteiger partial charge in [0.05, 0.1) is 0 Å². The van der Waals surface area contributed by atoms with Crippen LogP contribution in [0.25, 0.3) is 0 Å². The lowest BCUT2D eigenvalue weighted by molar-refractivity contribution is 0.0292. The molecule has 0 N–H and O–H groups in total. The Morgan fingerprint density at radius 3 is 2.75 bits per heavy atom. The molecule has 0 bridgehead atoms. The van der Waals surface area contributed by atoms with Gasteiger partial charge in [0.2, 0.25) is 0 Å². The fraction of sp³-hybridized carbons (Fsp3) is 0.550. The second-order valence-electron chi connectivity index (χ2n) is 8.50. The summed E-state index contributed by atoms with van der Waals surface area (Å²) in [6.07, 6.45) is 0.539. The number of hydrogen-bond acceptors (Lipinski definition) is 6. The lowest BCUT2D eigenvalue weighted by Crippen LogP contribution is -2.45. The summed E-state index contributed by atoms with van der Waals surface area (Å²) in [6, 6.07) is 8.97. The molecule has 1 amide bonds. The van der Waals surface area contributed by atoms with Crippen LogP contribution in [0.1, 0.15) is 50.4 Å². The normalized spacial score (nSPS) is 20.4. The van der Waals surface area contributed by atoms with Crippen LogP contribution in [0.3, 0.4) is 0 Å². The average Bonchev–Trinajstić information content (AvgIpc) is 3.21. The van der Waals surface area contributed by atoms with Crippen LogP contribution in [0.5, 0.6) is 0 Å². The summed E-state index contributed by atoms with van der Waals surface area (Å²) in [7, 11) is 0. The van der Waals surface area contributed by atoms with Crippen LogP contribution in [0.4, 0.5) is 10.8 Å². The largest absolute Gasteiger partial charge is 0.444 e. The number of carbonyl (C=O) groups is 1. The van der Waals surface area contributed by atoms with E-state index >= 15 is 0 Å². The third kappa shape index (κ3) is 4.16. The average molecular weight is 449 g/mol. The molecule has 150 valence electrons. The number of hydrogen-bond donors (Lipinski definition) is 0. The molecule has 28 heavy (non-hydrogen) atoms. The third-order valence-corrected chi connectivity index (χ3v) is 5.60. The summed E-state index contributed by atoms with van der Waals surface area (Å²) in [6.45, 7) is 8.57. The van der Waals surface area contributed by atoms with Crippen LogP contribution in [0, 0.1) is 0 Å². The monoisotopic (exact) mass is 448 g/mol. The molecule has 0 spiro atoms. The molecule has 7 nitrogen and oxygen atoms in total. The van der Waals surface area contributed by atoms with Crippen LogP contribution in [-0.2, 0) is 4.74 Å². The maximum absolute atomic E-state index is 12.2. The minimum Gasteiger partial charge on any atom is -0.444 e. The molecule has 8 heteroatoms. The van der Waals surface area contributed by atoms with E-state index in [2.05, 4.69) is 49.2 Å². The predicted octanol–water partition coefficient (Wildman–Crippen LogP) is 4.16. The highest BCUT2D eigenvalue weighted by Crippen LogP contribution is 2.33. The third-order valence-electron chi connectivity index (χ3n) is 5.11. The molecular formula is C20H25BrN4O3. The quantitative estimate of drug-likeness (QED) is 0.701. The molecule has 2 aliphatic heterocycles. The number of carbonyl (C=O) groups excluding carboxylic acids is 1. The maximum Gasteiger partial charge on any atom is 0.410 e. The molecule has 0 saturated carbocycles. The smallest absolute Gasteiger partial charge is 0.410 e. The molecule has 1 aromatic carbocycles. The Kier molecular flexibility index (Phi) is 5.07. The van der Waals surface area contributed by atoms with Gasteiger partial charge in [-0.05, 0) is 44.9 Å². The number of amides is 1. The summed E-state index contributed by atoms with van der Waals surface area (Å²) in [5.41, 5.74) is 0.825. The van der Waals surface area contributed by atoms with E-state index < -0.39 is 5.60 Å². The van der Waals surface area contributed by atoms with Gasteiger partial charge in [-0.3, -0.25) is 0 Å². The van der Waals surface area contributed by atoms with Gasteiger partial charge in [-0.25, -0.2) is 4.79 Å². The van der Waals surface area contributed by atoms with Crippen molar-refractivity contribution in [1.29, 1.82) is 0 Å². The van der Waals surface area contributed by atoms with Crippen molar-refractivity contribution in [1.82, 2.24) is 15.0 Å². The molecule has 0 radical (unpaired) electrons. The van der Waals surface area contributed by atoms with Crippen LogP contribution in [-0.4, -0.2) is 52.9 Å². The lowest BCUT2D eigenvalue weighted by Gasteiger charge is -2.38. The van der Waals surface area contributed by atoms with E-state index in [1.807, 2.05) is 26.8 Å². The molecule has 1 aromatic heterocycles. The molecule has 0 aliphatic carbocycles. The molecule has 4 rings (SSSR count). The van der Waals surface area contributed by atoms with E-state index in [1.54, 1.807) is 4.90 Å². The van der Waals surface area contributed by atoms with Crippen molar-refractivity contribution in [3.8, 4) is 0 Å². The summed E-state index contributed by atoms with van der Waals surface area (Å²) in [4.78, 5) is 20.6. The Labute approximate surface area is 173 Å². The number of ether oxygens (including phenoxy) is 1. The highest BCUT2D eigenvalue weighted by molar-refractivity contribution is 9.10. The number of aromatic nitrogens is 2. The van der Waals surface area contributed by atoms with Crippen LogP contribution < -0.4 is 4.90 Å². The van der Waals surface area contributed by atoms with Crippen molar-refractivity contribution in [3.05, 3.63) is 40.1 Å². The number of benzene rings is 1. The van der Waals surface area contributed by atoms with E-state index in [0.29, 0.717) is 30.8 Å². The molecule has 2 aliphatic rings. The zero-order chi connectivity index (χ0) is 19.9. The summed E-state index contributed by atoms with van der Waals surface area (Å²) in [5, 5.41) is 4.17. The standard InChI is InChI=1S/C20H25BrN4O3/c1-20(2,3)27-19(26)24-8-7-14(10-24)17-22-18(28-23-17)25-11-15(12-25)13-5-4-6-16(21)9-13/h4-6,9,14-15H,7-8,10-12H2,1-3H3. The summed E-state index contributed by atoms with van der Waals surface area (Å²) < 4.78 is 12.0. The highest BCUT2D eigenvalue weighted by atomic mass is 79.9. The van der Waals surface area contributed by atoms with Crippen LogP contribution in [0.15, 0.2) is 33.3 Å². The Morgan fingerprint density at radius 1 is 1.25 bits per heavy atom. The molecule has 2 fully saturated rings. The highest BCUT2D eigenvalue weighted by Gasteiger charge is 2.35. The van der Waals surface area contributed by atoms with Crippen LogP contribution >= 0.6 is 15.9 Å². The minimum atomic E-state index is -0.489. The fourth-order valence-corrected chi connectivity index (χ4v) is 4.01. The topological polar surface area (TPSA) is 71.7 Å². The molecule has 2 aromatic rings. The van der Waals surface area contributed by atoms with Crippen molar-refractivity contribution in [2.75, 3.05) is 31.1 Å². The van der Waals surface area contributed by atoms with Gasteiger partial charge in [0.15, 0.2) is 5.82 Å². The zero-order valence-corrected chi connectivity index (χ0v) is 18.0. The second-order valence-corrected chi connectivity index (χ2v) is 9.42. The van der Waals surface area contributed by atoms with Crippen molar-refractivity contribution in [3.63, 3.8) is 0 Å². The summed E-state index contributed by atoms with van der Waals surface area (Å²) in [5.74, 6) is 1.24. The Hall–Kier alpha value is -2.09. The zero-order valence-electron chi connectivity index (χ0n) is 16.4. The van der Waals surface area contributed by atoms with Gasteiger partial charge in [-0.1, -0.05) is 33.2 Å². The predicted molar refractivity (Wildman–Crippen MR) is 109 cm³/mol. The van der Waals surface area contributed by atoms with E-state index in [1.165, 1.54) is 5.56 Å². The van der Waals surface area contributed by atoms with Crippen molar-refractivity contribution >= 4 is 28.0 Å². The first-order valence-corrected chi connectivity index (χ1v) is 10.4. The van der Waals surface area contributed by atoms with E-state index in [-0.39, 0.29) is 12.0 Å². The van der Waals surface area contributed by atoms with Gasteiger partial charge in [0, 0.05) is 42.5 Å². The minimum absolute atomic E-state index is 0.0900. The number of rotatable bonds is 3. The maximum atomic E-state index is 12.2. The van der Waals surface area contributed by atoms with Gasteiger partial charge >= 0.3 is 12.1 Å². The van der Waals surface area contributed by atoms with E-state index in [0.717, 1.165) is 24.0 Å². The summed E-state index contributed by atoms with van der Waals surface area (Å²) >= 11 is 3.52. The lowest BCUT2D eigenvalue weighted by atomic mass is 9.92.